The highest BCUT2D eigenvalue weighted by molar-refractivity contribution is 9.10. The first-order valence-electron chi connectivity index (χ1n) is 5.56. The standard InChI is InChI=1S/C11H11BrN4O2/c12-6-1-8-9(16-11(18)15-8)2-7(6)14-10(17)5-3-13-4-5/h1-2,5,13H,3-4H2,(H,14,17)(H2,15,16,18). The molecule has 0 bridgehead atoms. The van der Waals surface area contributed by atoms with Crippen molar-refractivity contribution in [3.05, 3.63) is 27.1 Å². The molecule has 1 aliphatic rings. The SMILES string of the molecule is O=C(Nc1cc2[nH]c(=O)[nH]c2cc1Br)C1CNC1. The molecular weight excluding hydrogens is 300 g/mol. The molecule has 4 N–H and O–H groups in total. The van der Waals surface area contributed by atoms with Crippen LogP contribution < -0.4 is 16.3 Å². The van der Waals surface area contributed by atoms with Gasteiger partial charge in [-0.2, -0.15) is 0 Å². The fourth-order valence-corrected chi connectivity index (χ4v) is 2.30. The molecule has 2 aromatic rings. The van der Waals surface area contributed by atoms with Gasteiger partial charge in [-0.1, -0.05) is 0 Å². The number of fused-ring (bicyclic) bond motifs is 1. The van der Waals surface area contributed by atoms with E-state index in [1.54, 1.807) is 12.1 Å². The number of anilines is 1. The molecule has 0 aliphatic carbocycles. The predicted molar refractivity (Wildman–Crippen MR) is 71.6 cm³/mol. The molecule has 0 radical (unpaired) electrons. The third-order valence-electron chi connectivity index (χ3n) is 3.01. The summed E-state index contributed by atoms with van der Waals surface area (Å²) in [6, 6.07) is 3.50. The van der Waals surface area contributed by atoms with Crippen molar-refractivity contribution < 1.29 is 4.79 Å². The predicted octanol–water partition coefficient (Wildman–Crippen LogP) is 0.777. The highest BCUT2D eigenvalue weighted by atomic mass is 79.9. The highest BCUT2D eigenvalue weighted by Crippen LogP contribution is 2.27. The van der Waals surface area contributed by atoms with Crippen LogP contribution in [0.4, 0.5) is 5.69 Å². The lowest BCUT2D eigenvalue weighted by atomic mass is 10.0. The molecule has 3 rings (SSSR count). The van der Waals surface area contributed by atoms with Crippen LogP contribution in [-0.2, 0) is 4.79 Å². The molecule has 7 heteroatoms. The Morgan fingerprint density at radius 1 is 1.28 bits per heavy atom. The number of carbonyl (C=O) groups excluding carboxylic acids is 1. The van der Waals surface area contributed by atoms with E-state index in [4.69, 9.17) is 0 Å². The molecule has 1 fully saturated rings. The van der Waals surface area contributed by atoms with Gasteiger partial charge in [0.05, 0.1) is 22.6 Å². The second-order valence-electron chi connectivity index (χ2n) is 4.30. The Kier molecular flexibility index (Phi) is 2.71. The summed E-state index contributed by atoms with van der Waals surface area (Å²) in [4.78, 5) is 28.3. The number of halogens is 1. The minimum Gasteiger partial charge on any atom is -0.325 e. The zero-order chi connectivity index (χ0) is 12.7. The Balaban J connectivity index is 1.92. The monoisotopic (exact) mass is 310 g/mol. The summed E-state index contributed by atoms with van der Waals surface area (Å²) in [6.07, 6.45) is 0. The van der Waals surface area contributed by atoms with E-state index in [-0.39, 0.29) is 17.5 Å². The van der Waals surface area contributed by atoms with Crippen molar-refractivity contribution in [1.29, 1.82) is 0 Å². The number of aromatic amines is 2. The van der Waals surface area contributed by atoms with Crippen molar-refractivity contribution in [3.8, 4) is 0 Å². The normalized spacial score (nSPS) is 15.6. The minimum absolute atomic E-state index is 0.00770. The maximum atomic E-state index is 11.8. The number of imidazole rings is 1. The lowest BCUT2D eigenvalue weighted by molar-refractivity contribution is -0.121. The van der Waals surface area contributed by atoms with Crippen LogP contribution in [0.2, 0.25) is 0 Å². The Labute approximate surface area is 110 Å². The third-order valence-corrected chi connectivity index (χ3v) is 3.67. The number of hydrogen-bond acceptors (Lipinski definition) is 3. The maximum Gasteiger partial charge on any atom is 0.323 e. The summed E-state index contributed by atoms with van der Waals surface area (Å²) in [6.45, 7) is 1.43. The Morgan fingerprint density at radius 3 is 2.56 bits per heavy atom. The summed E-state index contributed by atoms with van der Waals surface area (Å²) in [5, 5.41) is 5.90. The zero-order valence-corrected chi connectivity index (χ0v) is 10.9. The van der Waals surface area contributed by atoms with Gasteiger partial charge >= 0.3 is 5.69 Å². The van der Waals surface area contributed by atoms with Crippen LogP contribution in [0.25, 0.3) is 11.0 Å². The summed E-state index contributed by atoms with van der Waals surface area (Å²) >= 11 is 3.38. The molecule has 1 aromatic heterocycles. The molecule has 0 unspecified atom stereocenters. The highest BCUT2D eigenvalue weighted by Gasteiger charge is 2.25. The van der Waals surface area contributed by atoms with Crippen LogP contribution in [-0.4, -0.2) is 29.0 Å². The van der Waals surface area contributed by atoms with Crippen LogP contribution in [0.5, 0.6) is 0 Å². The smallest absolute Gasteiger partial charge is 0.323 e. The van der Waals surface area contributed by atoms with Crippen molar-refractivity contribution in [2.75, 3.05) is 18.4 Å². The van der Waals surface area contributed by atoms with Crippen molar-refractivity contribution in [2.24, 2.45) is 5.92 Å². The molecule has 1 saturated heterocycles. The van der Waals surface area contributed by atoms with E-state index in [0.717, 1.165) is 4.47 Å². The largest absolute Gasteiger partial charge is 0.325 e. The van der Waals surface area contributed by atoms with Gasteiger partial charge in [-0.3, -0.25) is 4.79 Å². The molecule has 6 nitrogen and oxygen atoms in total. The van der Waals surface area contributed by atoms with Crippen LogP contribution in [0.3, 0.4) is 0 Å². The Morgan fingerprint density at radius 2 is 1.94 bits per heavy atom. The number of carbonyl (C=O) groups is 1. The van der Waals surface area contributed by atoms with E-state index in [1.807, 2.05) is 0 Å². The van der Waals surface area contributed by atoms with Crippen LogP contribution in [0.1, 0.15) is 0 Å². The van der Waals surface area contributed by atoms with Crippen LogP contribution >= 0.6 is 15.9 Å². The lowest BCUT2D eigenvalue weighted by Gasteiger charge is -2.25. The van der Waals surface area contributed by atoms with Crippen molar-refractivity contribution in [2.45, 2.75) is 0 Å². The van der Waals surface area contributed by atoms with Crippen molar-refractivity contribution in [1.82, 2.24) is 15.3 Å². The average molecular weight is 311 g/mol. The molecular formula is C11H11BrN4O2. The number of hydrogen-bond donors (Lipinski definition) is 4. The first-order valence-corrected chi connectivity index (χ1v) is 6.36. The summed E-state index contributed by atoms with van der Waals surface area (Å²) < 4.78 is 0.742. The van der Waals surface area contributed by atoms with Crippen LogP contribution in [0.15, 0.2) is 21.4 Å². The van der Waals surface area contributed by atoms with E-state index in [1.165, 1.54) is 0 Å². The molecule has 94 valence electrons. The second kappa shape index (κ2) is 4.25. The minimum atomic E-state index is -0.261. The first kappa shape index (κ1) is 11.5. The zero-order valence-electron chi connectivity index (χ0n) is 9.34. The number of aromatic nitrogens is 2. The van der Waals surface area contributed by atoms with Gasteiger partial charge < -0.3 is 20.6 Å². The third kappa shape index (κ3) is 1.95. The van der Waals surface area contributed by atoms with Gasteiger partial charge in [-0.15, -0.1) is 0 Å². The van der Waals surface area contributed by atoms with E-state index >= 15 is 0 Å². The van der Waals surface area contributed by atoms with Gasteiger partial charge in [0.25, 0.3) is 0 Å². The maximum absolute atomic E-state index is 11.8. The van der Waals surface area contributed by atoms with E-state index in [2.05, 4.69) is 36.5 Å². The molecule has 1 aromatic carbocycles. The van der Waals surface area contributed by atoms with Gasteiger partial charge in [0.1, 0.15) is 0 Å². The molecule has 1 amide bonds. The average Bonchev–Trinajstić information content (AvgIpc) is 2.55. The summed E-state index contributed by atoms with van der Waals surface area (Å²) in [5.41, 5.74) is 1.78. The molecule has 2 heterocycles. The van der Waals surface area contributed by atoms with E-state index in [0.29, 0.717) is 29.8 Å². The molecule has 1 aliphatic heterocycles. The summed E-state index contributed by atoms with van der Waals surface area (Å²) in [5.74, 6) is 0.0181. The van der Waals surface area contributed by atoms with E-state index < -0.39 is 0 Å². The number of H-pyrrole nitrogens is 2. The topological polar surface area (TPSA) is 89.8 Å². The van der Waals surface area contributed by atoms with Gasteiger partial charge in [-0.05, 0) is 28.1 Å². The number of benzene rings is 1. The number of amides is 1. The van der Waals surface area contributed by atoms with Crippen molar-refractivity contribution >= 4 is 38.6 Å². The number of rotatable bonds is 2. The number of nitrogens with one attached hydrogen (secondary N) is 4. The van der Waals surface area contributed by atoms with Crippen LogP contribution in [0, 0.1) is 5.92 Å². The van der Waals surface area contributed by atoms with Gasteiger partial charge in [-0.25, -0.2) is 4.79 Å². The van der Waals surface area contributed by atoms with E-state index in [9.17, 15) is 9.59 Å². The fourth-order valence-electron chi connectivity index (χ4n) is 1.86. The fraction of sp³-hybridized carbons (Fsp3) is 0.273. The lowest BCUT2D eigenvalue weighted by Crippen LogP contribution is -2.48. The van der Waals surface area contributed by atoms with Crippen molar-refractivity contribution in [3.63, 3.8) is 0 Å². The molecule has 0 saturated carbocycles. The molecule has 0 spiro atoms. The molecule has 0 atom stereocenters. The first-order chi connectivity index (χ1) is 8.63. The summed E-state index contributed by atoms with van der Waals surface area (Å²) in [7, 11) is 0. The molecule has 18 heavy (non-hydrogen) atoms. The Bertz CT molecular complexity index is 671. The quantitative estimate of drug-likeness (QED) is 0.660. The van der Waals surface area contributed by atoms with Gasteiger partial charge in [0.15, 0.2) is 0 Å². The van der Waals surface area contributed by atoms with Gasteiger partial charge in [0, 0.05) is 17.6 Å². The van der Waals surface area contributed by atoms with Gasteiger partial charge in [0.2, 0.25) is 5.91 Å². The Hall–Kier alpha value is -1.60. The second-order valence-corrected chi connectivity index (χ2v) is 5.16.